The van der Waals surface area contributed by atoms with Crippen LogP contribution < -0.4 is 10.6 Å². The maximum atomic E-state index is 14.6. The molecule has 2 aromatic rings. The van der Waals surface area contributed by atoms with E-state index in [0.29, 0.717) is 36.6 Å². The Kier molecular flexibility index (Phi) is 7.59. The molecule has 7 nitrogen and oxygen atoms in total. The van der Waals surface area contributed by atoms with E-state index < -0.39 is 23.8 Å². The molecule has 2 N–H and O–H groups in total. The average Bonchev–Trinajstić information content (AvgIpc) is 3.24. The predicted molar refractivity (Wildman–Crippen MR) is 123 cm³/mol. The van der Waals surface area contributed by atoms with Gasteiger partial charge in [0, 0.05) is 49.8 Å². The fraction of sp³-hybridized carbons (Fsp3) is 0.522. The number of carbonyl (C=O) groups excluding carboxylic acids is 1. The minimum atomic E-state index is -2.91. The van der Waals surface area contributed by atoms with Crippen LogP contribution in [0.3, 0.4) is 0 Å². The van der Waals surface area contributed by atoms with Crippen LogP contribution in [-0.2, 0) is 17.9 Å². The molecule has 1 aromatic carbocycles. The molecule has 2 aliphatic heterocycles. The fourth-order valence-corrected chi connectivity index (χ4v) is 4.70. The van der Waals surface area contributed by atoms with Crippen molar-refractivity contribution in [2.45, 2.75) is 51.9 Å². The molecule has 2 aliphatic rings. The van der Waals surface area contributed by atoms with E-state index in [9.17, 15) is 18.0 Å². The fourth-order valence-electron chi connectivity index (χ4n) is 4.51. The summed E-state index contributed by atoms with van der Waals surface area (Å²) >= 11 is 6.12. The van der Waals surface area contributed by atoms with E-state index in [4.69, 9.17) is 11.6 Å². The van der Waals surface area contributed by atoms with Gasteiger partial charge in [-0.1, -0.05) is 18.2 Å². The molecule has 11 heteroatoms. The summed E-state index contributed by atoms with van der Waals surface area (Å²) < 4.78 is 40.9. The number of aromatic nitrogens is 2. The van der Waals surface area contributed by atoms with Crippen molar-refractivity contribution in [2.75, 3.05) is 31.5 Å². The van der Waals surface area contributed by atoms with Crippen molar-refractivity contribution in [1.29, 1.82) is 0 Å². The number of fused-ring (bicyclic) bond motifs is 1. The maximum Gasteiger partial charge on any atom is 0.266 e. The molecule has 0 bridgehead atoms. The zero-order chi connectivity index (χ0) is 24.4. The number of hydrogen-bond acceptors (Lipinski definition) is 6. The molecule has 1 saturated heterocycles. The van der Waals surface area contributed by atoms with Crippen molar-refractivity contribution >= 4 is 23.3 Å². The second-order valence-corrected chi connectivity index (χ2v) is 9.11. The molecule has 0 aliphatic carbocycles. The van der Waals surface area contributed by atoms with Gasteiger partial charge < -0.3 is 15.5 Å². The lowest BCUT2D eigenvalue weighted by Gasteiger charge is -2.33. The Bertz CT molecular complexity index is 1050. The molecule has 1 amide bonds. The normalized spacial score (nSPS) is 18.1. The number of anilines is 1. The topological polar surface area (TPSA) is 73.4 Å². The van der Waals surface area contributed by atoms with Gasteiger partial charge in [0.25, 0.3) is 6.43 Å². The van der Waals surface area contributed by atoms with Gasteiger partial charge in [-0.25, -0.2) is 23.1 Å². The predicted octanol–water partition coefficient (Wildman–Crippen LogP) is 3.91. The number of alkyl halides is 2. The molecule has 2 atom stereocenters. The molecule has 0 saturated carbocycles. The minimum Gasteiger partial charge on any atom is -0.363 e. The highest BCUT2D eigenvalue weighted by molar-refractivity contribution is 6.28. The highest BCUT2D eigenvalue weighted by Gasteiger charge is 2.31. The maximum absolute atomic E-state index is 14.6. The third-order valence-electron chi connectivity index (χ3n) is 6.47. The number of hydrogen-bond donors (Lipinski definition) is 2. The van der Waals surface area contributed by atoms with Crippen LogP contribution in [0.25, 0.3) is 0 Å². The molecule has 0 radical (unpaired) electrons. The molecule has 0 spiro atoms. The number of rotatable bonds is 7. The number of amides is 1. The van der Waals surface area contributed by atoms with Crippen LogP contribution in [0, 0.1) is 5.82 Å². The van der Waals surface area contributed by atoms with Crippen LogP contribution in [0.15, 0.2) is 18.2 Å². The summed E-state index contributed by atoms with van der Waals surface area (Å²) in [7, 11) is 0. The van der Waals surface area contributed by atoms with E-state index in [2.05, 4.69) is 32.4 Å². The van der Waals surface area contributed by atoms with Crippen molar-refractivity contribution in [3.05, 3.63) is 51.7 Å². The van der Waals surface area contributed by atoms with Gasteiger partial charge in [0.2, 0.25) is 11.2 Å². The van der Waals surface area contributed by atoms with Gasteiger partial charge in [0.1, 0.15) is 11.6 Å². The first kappa shape index (κ1) is 24.7. The van der Waals surface area contributed by atoms with Crippen molar-refractivity contribution in [2.24, 2.45) is 0 Å². The van der Waals surface area contributed by atoms with Crippen molar-refractivity contribution in [1.82, 2.24) is 25.1 Å². The van der Waals surface area contributed by atoms with Gasteiger partial charge in [-0.2, -0.15) is 0 Å². The highest BCUT2D eigenvalue weighted by Crippen LogP contribution is 2.33. The summed E-state index contributed by atoms with van der Waals surface area (Å²) in [6.07, 6.45) is -2.52. The number of benzene rings is 1. The van der Waals surface area contributed by atoms with Crippen LogP contribution in [0.5, 0.6) is 0 Å². The lowest BCUT2D eigenvalue weighted by molar-refractivity contribution is -0.133. The van der Waals surface area contributed by atoms with Crippen LogP contribution in [0.2, 0.25) is 5.28 Å². The van der Waals surface area contributed by atoms with Crippen LogP contribution in [0.4, 0.5) is 19.0 Å². The number of nitrogens with zero attached hydrogens (tertiary/aromatic N) is 4. The summed E-state index contributed by atoms with van der Waals surface area (Å²) in [6, 6.07) is 3.38. The van der Waals surface area contributed by atoms with Crippen molar-refractivity contribution in [3.63, 3.8) is 0 Å². The van der Waals surface area contributed by atoms with Gasteiger partial charge >= 0.3 is 0 Å². The van der Waals surface area contributed by atoms with E-state index in [1.807, 2.05) is 0 Å². The summed E-state index contributed by atoms with van der Waals surface area (Å²) in [6.45, 7) is 7.96. The third kappa shape index (κ3) is 5.29. The van der Waals surface area contributed by atoms with Crippen LogP contribution in [-0.4, -0.2) is 57.9 Å². The van der Waals surface area contributed by atoms with E-state index in [1.165, 1.54) is 12.1 Å². The molecular formula is C23H28ClF3N6O. The lowest BCUT2D eigenvalue weighted by atomic mass is 10.0. The van der Waals surface area contributed by atoms with Crippen molar-refractivity contribution in [3.8, 4) is 0 Å². The molecule has 1 aromatic heterocycles. The lowest BCUT2D eigenvalue weighted by Crippen LogP contribution is -2.48. The smallest absolute Gasteiger partial charge is 0.266 e. The second-order valence-electron chi connectivity index (χ2n) is 8.77. The van der Waals surface area contributed by atoms with E-state index in [1.54, 1.807) is 11.8 Å². The minimum absolute atomic E-state index is 0.00117. The van der Waals surface area contributed by atoms with Gasteiger partial charge in [-0.15, -0.1) is 0 Å². The third-order valence-corrected chi connectivity index (χ3v) is 6.64. The monoisotopic (exact) mass is 496 g/mol. The molecule has 4 rings (SSSR count). The SMILES string of the molecule is CC(CC(=O)N1Cc2nc(Cl)nc(N[C@H](C)c3cccc(C(F)F)c3F)c2C1)N1CCNCC1. The molecule has 184 valence electrons. The molecular weight excluding hydrogens is 469 g/mol. The standard InChI is InChI=1S/C23H28ClF3N6O/c1-13(32-8-6-28-7-9-32)10-19(34)33-11-17-18(12-33)30-23(24)31-22(17)29-14(2)15-4-3-5-16(20(15)25)21(26)27/h3-5,13-14,21,28H,6-12H2,1-2H3,(H,29,30,31)/t13?,14-/m1/s1. The highest BCUT2D eigenvalue weighted by atomic mass is 35.5. The Morgan fingerprint density at radius 1 is 1.18 bits per heavy atom. The first-order chi connectivity index (χ1) is 16.2. The molecule has 1 fully saturated rings. The number of halogens is 4. The van der Waals surface area contributed by atoms with E-state index in [-0.39, 0.29) is 22.8 Å². The summed E-state index contributed by atoms with van der Waals surface area (Å²) in [4.78, 5) is 25.5. The number of piperazine rings is 1. The Morgan fingerprint density at radius 3 is 2.59 bits per heavy atom. The number of nitrogens with one attached hydrogen (secondary N) is 2. The largest absolute Gasteiger partial charge is 0.363 e. The first-order valence-corrected chi connectivity index (χ1v) is 11.7. The van der Waals surface area contributed by atoms with E-state index >= 15 is 0 Å². The summed E-state index contributed by atoms with van der Waals surface area (Å²) in [5.41, 5.74) is 0.772. The van der Waals surface area contributed by atoms with Crippen molar-refractivity contribution < 1.29 is 18.0 Å². The number of carbonyl (C=O) groups is 1. The molecule has 1 unspecified atom stereocenters. The van der Waals surface area contributed by atoms with Gasteiger partial charge in [-0.3, -0.25) is 9.69 Å². The van der Waals surface area contributed by atoms with Gasteiger partial charge in [0.15, 0.2) is 0 Å². The van der Waals surface area contributed by atoms with E-state index in [0.717, 1.165) is 32.2 Å². The molecule has 34 heavy (non-hydrogen) atoms. The zero-order valence-corrected chi connectivity index (χ0v) is 19.9. The average molecular weight is 497 g/mol. The van der Waals surface area contributed by atoms with Gasteiger partial charge in [0.05, 0.1) is 30.4 Å². The van der Waals surface area contributed by atoms with Crippen LogP contribution >= 0.6 is 11.6 Å². The quantitative estimate of drug-likeness (QED) is 0.566. The Hall–Kier alpha value is -2.43. The second kappa shape index (κ2) is 10.5. The van der Waals surface area contributed by atoms with Gasteiger partial charge in [-0.05, 0) is 25.4 Å². The Morgan fingerprint density at radius 2 is 1.88 bits per heavy atom. The molecule has 3 heterocycles. The first-order valence-electron chi connectivity index (χ1n) is 11.4. The van der Waals surface area contributed by atoms with Crippen LogP contribution in [0.1, 0.15) is 55.1 Å². The Balaban J connectivity index is 1.48. The summed E-state index contributed by atoms with van der Waals surface area (Å²) in [5, 5.41) is 6.39. The zero-order valence-electron chi connectivity index (χ0n) is 19.1. The Labute approximate surface area is 201 Å². The summed E-state index contributed by atoms with van der Waals surface area (Å²) in [5.74, 6) is -0.572.